The average Bonchev–Trinajstić information content (AvgIpc) is 2.98. The second-order valence-electron chi connectivity index (χ2n) is 4.45. The molecule has 1 fully saturated rings. The van der Waals surface area contributed by atoms with Gasteiger partial charge in [0.2, 0.25) is 5.91 Å². The summed E-state index contributed by atoms with van der Waals surface area (Å²) in [4.78, 5) is 11.6. The van der Waals surface area contributed by atoms with E-state index in [0.717, 1.165) is 23.9 Å². The molecular formula is C13H16BrNO. The van der Waals surface area contributed by atoms with Crippen LogP contribution < -0.4 is 5.32 Å². The molecule has 1 aromatic carbocycles. The van der Waals surface area contributed by atoms with Crippen molar-refractivity contribution in [2.75, 3.05) is 6.54 Å². The Balaban J connectivity index is 1.76. The summed E-state index contributed by atoms with van der Waals surface area (Å²) in [7, 11) is 0. The highest BCUT2D eigenvalue weighted by molar-refractivity contribution is 9.10. The third-order valence-electron chi connectivity index (χ3n) is 3.10. The molecule has 2 atom stereocenters. The van der Waals surface area contributed by atoms with Crippen molar-refractivity contribution < 1.29 is 4.79 Å². The highest BCUT2D eigenvalue weighted by atomic mass is 79.9. The molecule has 0 spiro atoms. The van der Waals surface area contributed by atoms with Crippen LogP contribution in [0.3, 0.4) is 0 Å². The van der Waals surface area contributed by atoms with Crippen molar-refractivity contribution in [2.45, 2.75) is 19.8 Å². The Labute approximate surface area is 105 Å². The Bertz CT molecular complexity index is 391. The molecule has 86 valence electrons. The van der Waals surface area contributed by atoms with Gasteiger partial charge in [0.25, 0.3) is 0 Å². The molecule has 1 N–H and O–H groups in total. The second-order valence-corrected chi connectivity index (χ2v) is 5.31. The Morgan fingerprint density at radius 2 is 2.19 bits per heavy atom. The topological polar surface area (TPSA) is 29.1 Å². The molecule has 2 rings (SSSR count). The lowest BCUT2D eigenvalue weighted by atomic mass is 10.1. The molecule has 0 aliphatic heterocycles. The largest absolute Gasteiger partial charge is 0.356 e. The van der Waals surface area contributed by atoms with Gasteiger partial charge in [0.1, 0.15) is 0 Å². The number of rotatable bonds is 4. The molecule has 2 nitrogen and oxygen atoms in total. The fraction of sp³-hybridized carbons (Fsp3) is 0.462. The number of carbonyl (C=O) groups excluding carboxylic acids is 1. The Hall–Kier alpha value is -0.830. The van der Waals surface area contributed by atoms with Crippen molar-refractivity contribution in [1.29, 1.82) is 0 Å². The molecule has 0 unspecified atom stereocenters. The van der Waals surface area contributed by atoms with Crippen LogP contribution in [0.4, 0.5) is 0 Å². The van der Waals surface area contributed by atoms with Crippen LogP contribution in [0.2, 0.25) is 0 Å². The Morgan fingerprint density at radius 3 is 2.81 bits per heavy atom. The van der Waals surface area contributed by atoms with Gasteiger partial charge in [-0.2, -0.15) is 0 Å². The molecule has 0 radical (unpaired) electrons. The van der Waals surface area contributed by atoms with Crippen molar-refractivity contribution in [3.8, 4) is 0 Å². The first-order valence-corrected chi connectivity index (χ1v) is 6.49. The molecule has 0 heterocycles. The van der Waals surface area contributed by atoms with E-state index in [-0.39, 0.29) is 11.8 Å². The number of nitrogens with one attached hydrogen (secondary N) is 1. The molecular weight excluding hydrogens is 266 g/mol. The molecule has 3 heteroatoms. The first kappa shape index (κ1) is 11.6. The van der Waals surface area contributed by atoms with Gasteiger partial charge in [0.05, 0.1) is 0 Å². The van der Waals surface area contributed by atoms with Gasteiger partial charge in [-0.15, -0.1) is 0 Å². The Morgan fingerprint density at radius 1 is 1.50 bits per heavy atom. The standard InChI is InChI=1S/C13H16BrNO/c1-9-8-11(9)13(16)15-7-6-10-4-2-3-5-12(10)14/h2-5,9,11H,6-8H2,1H3,(H,15,16)/t9-,11-/m1/s1. The number of halogens is 1. The van der Waals surface area contributed by atoms with Crippen molar-refractivity contribution in [1.82, 2.24) is 5.32 Å². The fourth-order valence-electron chi connectivity index (χ4n) is 1.84. The summed E-state index contributed by atoms with van der Waals surface area (Å²) in [6.45, 7) is 2.85. The number of amides is 1. The average molecular weight is 282 g/mol. The van der Waals surface area contributed by atoms with Crippen LogP contribution in [0, 0.1) is 11.8 Å². The molecule has 0 aromatic heterocycles. The molecule has 1 amide bonds. The van der Waals surface area contributed by atoms with E-state index in [9.17, 15) is 4.79 Å². The van der Waals surface area contributed by atoms with E-state index in [2.05, 4.69) is 34.2 Å². The van der Waals surface area contributed by atoms with Crippen LogP contribution in [0.15, 0.2) is 28.7 Å². The Kier molecular flexibility index (Phi) is 3.64. The van der Waals surface area contributed by atoms with E-state index in [0.29, 0.717) is 5.92 Å². The molecule has 0 bridgehead atoms. The smallest absolute Gasteiger partial charge is 0.223 e. The molecule has 1 saturated carbocycles. The van der Waals surface area contributed by atoms with E-state index < -0.39 is 0 Å². The van der Waals surface area contributed by atoms with E-state index >= 15 is 0 Å². The quantitative estimate of drug-likeness (QED) is 0.904. The first-order chi connectivity index (χ1) is 7.68. The summed E-state index contributed by atoms with van der Waals surface area (Å²) in [6, 6.07) is 8.12. The number of benzene rings is 1. The van der Waals surface area contributed by atoms with Crippen LogP contribution in [0.5, 0.6) is 0 Å². The minimum Gasteiger partial charge on any atom is -0.356 e. The van der Waals surface area contributed by atoms with Gasteiger partial charge in [0, 0.05) is 16.9 Å². The normalized spacial score (nSPS) is 22.9. The van der Waals surface area contributed by atoms with Crippen molar-refractivity contribution in [2.24, 2.45) is 11.8 Å². The van der Waals surface area contributed by atoms with Gasteiger partial charge < -0.3 is 5.32 Å². The van der Waals surface area contributed by atoms with E-state index in [1.165, 1.54) is 5.56 Å². The molecule has 1 aliphatic carbocycles. The van der Waals surface area contributed by atoms with Gasteiger partial charge >= 0.3 is 0 Å². The lowest BCUT2D eigenvalue weighted by Gasteiger charge is -2.06. The van der Waals surface area contributed by atoms with Crippen LogP contribution in [-0.4, -0.2) is 12.5 Å². The molecule has 1 aliphatic rings. The van der Waals surface area contributed by atoms with Crippen LogP contribution >= 0.6 is 15.9 Å². The zero-order valence-corrected chi connectivity index (χ0v) is 11.0. The van der Waals surface area contributed by atoms with Crippen LogP contribution in [-0.2, 0) is 11.2 Å². The SMILES string of the molecule is C[C@@H]1C[C@H]1C(=O)NCCc1ccccc1Br. The zero-order valence-electron chi connectivity index (χ0n) is 9.37. The maximum Gasteiger partial charge on any atom is 0.223 e. The summed E-state index contributed by atoms with van der Waals surface area (Å²) in [5.74, 6) is 1.09. The van der Waals surface area contributed by atoms with Gasteiger partial charge in [0.15, 0.2) is 0 Å². The van der Waals surface area contributed by atoms with Crippen LogP contribution in [0.25, 0.3) is 0 Å². The summed E-state index contributed by atoms with van der Waals surface area (Å²) < 4.78 is 1.11. The number of hydrogen-bond donors (Lipinski definition) is 1. The van der Waals surface area contributed by atoms with E-state index in [1.54, 1.807) is 0 Å². The summed E-state index contributed by atoms with van der Waals surface area (Å²) in [5.41, 5.74) is 1.24. The lowest BCUT2D eigenvalue weighted by molar-refractivity contribution is -0.122. The predicted molar refractivity (Wildman–Crippen MR) is 68.1 cm³/mol. The number of hydrogen-bond acceptors (Lipinski definition) is 1. The van der Waals surface area contributed by atoms with Gasteiger partial charge in [-0.25, -0.2) is 0 Å². The maximum atomic E-state index is 11.6. The van der Waals surface area contributed by atoms with Crippen molar-refractivity contribution in [3.05, 3.63) is 34.3 Å². The highest BCUT2D eigenvalue weighted by Crippen LogP contribution is 2.37. The van der Waals surface area contributed by atoms with Crippen LogP contribution in [0.1, 0.15) is 18.9 Å². The first-order valence-electron chi connectivity index (χ1n) is 5.69. The third kappa shape index (κ3) is 2.85. The van der Waals surface area contributed by atoms with Gasteiger partial charge in [-0.3, -0.25) is 4.79 Å². The lowest BCUT2D eigenvalue weighted by Crippen LogP contribution is -2.27. The van der Waals surface area contributed by atoms with Gasteiger partial charge in [-0.05, 0) is 30.4 Å². The third-order valence-corrected chi connectivity index (χ3v) is 3.87. The fourth-order valence-corrected chi connectivity index (χ4v) is 2.32. The summed E-state index contributed by atoms with van der Waals surface area (Å²) in [6.07, 6.45) is 1.94. The van der Waals surface area contributed by atoms with E-state index in [4.69, 9.17) is 0 Å². The maximum absolute atomic E-state index is 11.6. The molecule has 16 heavy (non-hydrogen) atoms. The zero-order chi connectivity index (χ0) is 11.5. The minimum absolute atomic E-state index is 0.222. The highest BCUT2D eigenvalue weighted by Gasteiger charge is 2.38. The van der Waals surface area contributed by atoms with Gasteiger partial charge in [-0.1, -0.05) is 41.1 Å². The minimum atomic E-state index is 0.222. The summed E-state index contributed by atoms with van der Waals surface area (Å²) in [5, 5.41) is 2.99. The molecule has 1 aromatic rings. The monoisotopic (exact) mass is 281 g/mol. The summed E-state index contributed by atoms with van der Waals surface area (Å²) >= 11 is 3.50. The van der Waals surface area contributed by atoms with Crippen molar-refractivity contribution >= 4 is 21.8 Å². The molecule has 0 saturated heterocycles. The predicted octanol–water partition coefficient (Wildman–Crippen LogP) is 2.76. The number of carbonyl (C=O) groups is 1. The second kappa shape index (κ2) is 5.00. The van der Waals surface area contributed by atoms with E-state index in [1.807, 2.05) is 18.2 Å². The van der Waals surface area contributed by atoms with Crippen molar-refractivity contribution in [3.63, 3.8) is 0 Å².